The van der Waals surface area contributed by atoms with Gasteiger partial charge in [0.05, 0.1) is 18.4 Å². The molecule has 7 heteroatoms. The van der Waals surface area contributed by atoms with Crippen LogP contribution in [0.5, 0.6) is 0 Å². The van der Waals surface area contributed by atoms with E-state index in [0.717, 1.165) is 11.1 Å². The molecule has 2 aromatic rings. The van der Waals surface area contributed by atoms with Crippen molar-refractivity contribution in [2.75, 3.05) is 6.61 Å². The fourth-order valence-electron chi connectivity index (χ4n) is 4.72. The molecule has 2 aromatic carbocycles. The Morgan fingerprint density at radius 3 is 2.21 bits per heavy atom. The maximum atomic E-state index is 12.6. The van der Waals surface area contributed by atoms with Crippen LogP contribution >= 0.6 is 0 Å². The summed E-state index contributed by atoms with van der Waals surface area (Å²) in [6, 6.07) is 15.6. The van der Waals surface area contributed by atoms with Crippen molar-refractivity contribution in [3.8, 4) is 11.1 Å². The predicted molar refractivity (Wildman–Crippen MR) is 128 cm³/mol. The lowest BCUT2D eigenvalue weighted by Gasteiger charge is -2.22. The van der Waals surface area contributed by atoms with Crippen LogP contribution in [0.4, 0.5) is 4.79 Å². The number of nitrogens with one attached hydrogen (secondary N) is 2. The Morgan fingerprint density at radius 2 is 1.62 bits per heavy atom. The van der Waals surface area contributed by atoms with Crippen LogP contribution in [0, 0.1) is 11.8 Å². The highest BCUT2D eigenvalue weighted by molar-refractivity contribution is 5.82. The third-order valence-electron chi connectivity index (χ3n) is 6.59. The molecule has 0 bridgehead atoms. The summed E-state index contributed by atoms with van der Waals surface area (Å²) in [6.45, 7) is 3.98. The summed E-state index contributed by atoms with van der Waals surface area (Å²) in [5.41, 5.74) is 4.63. The smallest absolute Gasteiger partial charge is 0.407 e. The molecule has 3 atom stereocenters. The van der Waals surface area contributed by atoms with E-state index in [1.165, 1.54) is 11.1 Å². The van der Waals surface area contributed by atoms with E-state index in [4.69, 9.17) is 9.84 Å². The second-order valence-corrected chi connectivity index (χ2v) is 9.26. The Hall–Kier alpha value is -3.61. The molecule has 2 unspecified atom stereocenters. The molecule has 0 aromatic heterocycles. The molecule has 2 amide bonds. The molecule has 0 radical (unpaired) electrons. The average molecular weight is 463 g/mol. The van der Waals surface area contributed by atoms with Gasteiger partial charge in [-0.15, -0.1) is 0 Å². The molecule has 178 valence electrons. The number of rotatable bonds is 8. The van der Waals surface area contributed by atoms with Gasteiger partial charge in [0.2, 0.25) is 5.91 Å². The lowest BCUT2D eigenvalue weighted by atomic mass is 9.98. The van der Waals surface area contributed by atoms with Gasteiger partial charge in [-0.1, -0.05) is 74.5 Å². The second kappa shape index (κ2) is 10.1. The van der Waals surface area contributed by atoms with Gasteiger partial charge in [0.1, 0.15) is 6.61 Å². The summed E-state index contributed by atoms with van der Waals surface area (Å²) in [5.74, 6) is -1.61. The Morgan fingerprint density at radius 1 is 1.00 bits per heavy atom. The van der Waals surface area contributed by atoms with Crippen LogP contribution in [0.25, 0.3) is 11.1 Å². The number of aliphatic carboxylic acids is 1. The SMILES string of the molecule is CC(C)[C@@H](CC(=O)O)NC(=O)C1C=CC(NC(=O)OCC2c3ccccc3-c3ccccc32)C1. The first-order valence-electron chi connectivity index (χ1n) is 11.7. The number of amides is 2. The highest BCUT2D eigenvalue weighted by Crippen LogP contribution is 2.44. The molecular formula is C27H30N2O5. The van der Waals surface area contributed by atoms with E-state index in [9.17, 15) is 14.4 Å². The van der Waals surface area contributed by atoms with E-state index in [1.807, 2.05) is 38.1 Å². The zero-order valence-electron chi connectivity index (χ0n) is 19.4. The van der Waals surface area contributed by atoms with E-state index in [2.05, 4.69) is 34.9 Å². The predicted octanol–water partition coefficient (Wildman–Crippen LogP) is 4.09. The Labute approximate surface area is 199 Å². The zero-order valence-corrected chi connectivity index (χ0v) is 19.4. The Bertz CT molecular complexity index is 1060. The minimum absolute atomic E-state index is 0.000167. The van der Waals surface area contributed by atoms with E-state index >= 15 is 0 Å². The number of ether oxygens (including phenoxy) is 1. The number of benzene rings is 2. The number of fused-ring (bicyclic) bond motifs is 3. The topological polar surface area (TPSA) is 105 Å². The molecule has 34 heavy (non-hydrogen) atoms. The summed E-state index contributed by atoms with van der Waals surface area (Å²) >= 11 is 0. The number of alkyl carbamates (subject to hydrolysis) is 1. The molecule has 0 fully saturated rings. The van der Waals surface area contributed by atoms with Crippen LogP contribution in [-0.2, 0) is 14.3 Å². The highest BCUT2D eigenvalue weighted by atomic mass is 16.5. The number of carboxylic acid groups (broad SMARTS) is 1. The lowest BCUT2D eigenvalue weighted by molar-refractivity contribution is -0.138. The van der Waals surface area contributed by atoms with Gasteiger partial charge in [-0.2, -0.15) is 0 Å². The van der Waals surface area contributed by atoms with Gasteiger partial charge in [0.25, 0.3) is 0 Å². The first-order chi connectivity index (χ1) is 16.3. The summed E-state index contributed by atoms with van der Waals surface area (Å²) in [5, 5.41) is 14.7. The maximum absolute atomic E-state index is 12.6. The lowest BCUT2D eigenvalue weighted by Crippen LogP contribution is -2.43. The zero-order chi connectivity index (χ0) is 24.2. The largest absolute Gasteiger partial charge is 0.481 e. The summed E-state index contributed by atoms with van der Waals surface area (Å²) in [4.78, 5) is 36.2. The van der Waals surface area contributed by atoms with Crippen molar-refractivity contribution in [2.45, 2.75) is 44.7 Å². The van der Waals surface area contributed by atoms with Gasteiger partial charge in [-0.25, -0.2) is 4.79 Å². The van der Waals surface area contributed by atoms with Gasteiger partial charge < -0.3 is 20.5 Å². The second-order valence-electron chi connectivity index (χ2n) is 9.26. The van der Waals surface area contributed by atoms with Crippen molar-refractivity contribution in [1.82, 2.24) is 10.6 Å². The Balaban J connectivity index is 1.29. The van der Waals surface area contributed by atoms with Gasteiger partial charge in [-0.3, -0.25) is 9.59 Å². The van der Waals surface area contributed by atoms with Gasteiger partial charge in [-0.05, 0) is 34.6 Å². The molecule has 4 rings (SSSR count). The first-order valence-corrected chi connectivity index (χ1v) is 11.7. The number of carboxylic acids is 1. The highest BCUT2D eigenvalue weighted by Gasteiger charge is 2.31. The van der Waals surface area contributed by atoms with Gasteiger partial charge >= 0.3 is 12.1 Å². The van der Waals surface area contributed by atoms with Crippen molar-refractivity contribution in [1.29, 1.82) is 0 Å². The monoisotopic (exact) mass is 462 g/mol. The van der Waals surface area contributed by atoms with E-state index in [-0.39, 0.29) is 36.8 Å². The number of carbonyl (C=O) groups is 3. The van der Waals surface area contributed by atoms with Crippen molar-refractivity contribution >= 4 is 18.0 Å². The standard InChI is InChI=1S/C27H30N2O5/c1-16(2)24(14-25(30)31)29-26(32)17-11-12-18(13-17)28-27(33)34-15-23-21-9-5-3-7-19(21)20-8-4-6-10-22(20)23/h3-12,16-18,23-24H,13-15H2,1-2H3,(H,28,33)(H,29,32)(H,30,31)/t17?,18?,24-/m1/s1. The number of hydrogen-bond donors (Lipinski definition) is 3. The molecular weight excluding hydrogens is 432 g/mol. The van der Waals surface area contributed by atoms with E-state index in [0.29, 0.717) is 6.42 Å². The molecule has 2 aliphatic rings. The molecule has 2 aliphatic carbocycles. The normalized spacial score (nSPS) is 19.4. The van der Waals surface area contributed by atoms with Crippen molar-refractivity contribution < 1.29 is 24.2 Å². The molecule has 0 heterocycles. The first kappa shape index (κ1) is 23.5. The number of hydrogen-bond acceptors (Lipinski definition) is 4. The van der Waals surface area contributed by atoms with E-state index in [1.54, 1.807) is 12.2 Å². The summed E-state index contributed by atoms with van der Waals surface area (Å²) in [6.07, 6.45) is 3.30. The van der Waals surface area contributed by atoms with E-state index < -0.39 is 24.0 Å². The van der Waals surface area contributed by atoms with Gasteiger partial charge in [0.15, 0.2) is 0 Å². The Kier molecular flexibility index (Phi) is 7.01. The van der Waals surface area contributed by atoms with Crippen molar-refractivity contribution in [3.63, 3.8) is 0 Å². The minimum Gasteiger partial charge on any atom is -0.481 e. The maximum Gasteiger partial charge on any atom is 0.407 e. The average Bonchev–Trinajstić information content (AvgIpc) is 3.39. The fourth-order valence-corrected chi connectivity index (χ4v) is 4.72. The van der Waals surface area contributed by atoms with Crippen LogP contribution in [0.2, 0.25) is 0 Å². The molecule has 7 nitrogen and oxygen atoms in total. The van der Waals surface area contributed by atoms with Crippen LogP contribution in [-0.4, -0.2) is 41.8 Å². The fraction of sp³-hybridized carbons (Fsp3) is 0.370. The number of carbonyl (C=O) groups excluding carboxylic acids is 2. The third kappa shape index (κ3) is 5.14. The molecule has 0 aliphatic heterocycles. The molecule has 0 saturated heterocycles. The molecule has 3 N–H and O–H groups in total. The van der Waals surface area contributed by atoms with Gasteiger partial charge in [0, 0.05) is 12.0 Å². The third-order valence-corrected chi connectivity index (χ3v) is 6.59. The molecule has 0 spiro atoms. The van der Waals surface area contributed by atoms with Crippen molar-refractivity contribution in [2.24, 2.45) is 11.8 Å². The summed E-state index contributed by atoms with van der Waals surface area (Å²) in [7, 11) is 0. The summed E-state index contributed by atoms with van der Waals surface area (Å²) < 4.78 is 5.59. The van der Waals surface area contributed by atoms with Crippen LogP contribution in [0.1, 0.15) is 43.7 Å². The van der Waals surface area contributed by atoms with Crippen LogP contribution in [0.15, 0.2) is 60.7 Å². The molecule has 0 saturated carbocycles. The van der Waals surface area contributed by atoms with Crippen LogP contribution < -0.4 is 10.6 Å². The minimum atomic E-state index is -0.948. The van der Waals surface area contributed by atoms with Crippen molar-refractivity contribution in [3.05, 3.63) is 71.8 Å². The van der Waals surface area contributed by atoms with Crippen LogP contribution in [0.3, 0.4) is 0 Å². The quantitative estimate of drug-likeness (QED) is 0.513.